The van der Waals surface area contributed by atoms with Crippen molar-refractivity contribution in [1.29, 1.82) is 0 Å². The molecule has 0 saturated carbocycles. The number of aromatic nitrogens is 1. The van der Waals surface area contributed by atoms with Crippen LogP contribution in [-0.2, 0) is 17.8 Å². The van der Waals surface area contributed by atoms with E-state index < -0.39 is 0 Å². The van der Waals surface area contributed by atoms with E-state index in [1.54, 1.807) is 18.4 Å². The van der Waals surface area contributed by atoms with Gasteiger partial charge < -0.3 is 25.0 Å². The summed E-state index contributed by atoms with van der Waals surface area (Å²) in [5.41, 5.74) is 3.20. The number of nitrogens with zero attached hydrogens (tertiary/aromatic N) is 3. The van der Waals surface area contributed by atoms with Crippen molar-refractivity contribution in [2.75, 3.05) is 45.9 Å². The maximum absolute atomic E-state index is 5.86. The van der Waals surface area contributed by atoms with Crippen molar-refractivity contribution in [1.82, 2.24) is 15.6 Å². The molecule has 0 aliphatic carbocycles. The SMILES string of the molecule is CCNC(=NCc1ccc(C)cc1OCCOC)NCc1csc(N(C)C)n1.I. The van der Waals surface area contributed by atoms with E-state index in [4.69, 9.17) is 14.5 Å². The van der Waals surface area contributed by atoms with Crippen LogP contribution < -0.4 is 20.3 Å². The molecular formula is C20H32IN5O2S. The summed E-state index contributed by atoms with van der Waals surface area (Å²) in [6, 6.07) is 6.18. The van der Waals surface area contributed by atoms with E-state index in [0.29, 0.717) is 26.3 Å². The molecule has 0 aliphatic rings. The molecule has 1 aromatic heterocycles. The number of aryl methyl sites for hydroxylation is 1. The Labute approximate surface area is 194 Å². The fourth-order valence-electron chi connectivity index (χ4n) is 2.42. The summed E-state index contributed by atoms with van der Waals surface area (Å²) in [6.45, 7) is 7.12. The first-order valence-corrected chi connectivity index (χ1v) is 10.3. The molecule has 1 aromatic carbocycles. The molecule has 7 nitrogen and oxygen atoms in total. The van der Waals surface area contributed by atoms with E-state index in [2.05, 4.69) is 47.0 Å². The Morgan fingerprint density at radius 2 is 2.03 bits per heavy atom. The maximum atomic E-state index is 5.86. The van der Waals surface area contributed by atoms with Crippen molar-refractivity contribution in [3.8, 4) is 5.75 Å². The summed E-state index contributed by atoms with van der Waals surface area (Å²) in [7, 11) is 5.66. The van der Waals surface area contributed by atoms with Crippen molar-refractivity contribution in [2.45, 2.75) is 26.9 Å². The number of benzene rings is 1. The fourth-order valence-corrected chi connectivity index (χ4v) is 3.18. The summed E-state index contributed by atoms with van der Waals surface area (Å²) in [5.74, 6) is 1.61. The number of aliphatic imine (C=N–C) groups is 1. The Kier molecular flexibility index (Phi) is 11.9. The van der Waals surface area contributed by atoms with Gasteiger partial charge in [0, 0.05) is 38.7 Å². The smallest absolute Gasteiger partial charge is 0.191 e. The third kappa shape index (κ3) is 8.75. The molecule has 0 spiro atoms. The third-order valence-corrected chi connectivity index (χ3v) is 4.94. The first-order valence-electron chi connectivity index (χ1n) is 9.38. The molecule has 0 saturated heterocycles. The number of guanidine groups is 1. The molecule has 162 valence electrons. The van der Waals surface area contributed by atoms with Gasteiger partial charge in [-0.2, -0.15) is 0 Å². The van der Waals surface area contributed by atoms with Crippen molar-refractivity contribution in [3.63, 3.8) is 0 Å². The highest BCUT2D eigenvalue weighted by Gasteiger charge is 2.07. The van der Waals surface area contributed by atoms with Gasteiger partial charge >= 0.3 is 0 Å². The maximum Gasteiger partial charge on any atom is 0.191 e. The lowest BCUT2D eigenvalue weighted by atomic mass is 10.1. The fraction of sp³-hybridized carbons (Fsp3) is 0.500. The molecule has 1 heterocycles. The molecule has 0 atom stereocenters. The van der Waals surface area contributed by atoms with E-state index in [1.165, 1.54) is 0 Å². The lowest BCUT2D eigenvalue weighted by molar-refractivity contribution is 0.145. The molecule has 0 fully saturated rings. The summed E-state index contributed by atoms with van der Waals surface area (Å²) in [4.78, 5) is 11.3. The highest BCUT2D eigenvalue weighted by molar-refractivity contribution is 14.0. The van der Waals surface area contributed by atoms with Crippen LogP contribution in [0.15, 0.2) is 28.6 Å². The van der Waals surface area contributed by atoms with Gasteiger partial charge in [0.1, 0.15) is 12.4 Å². The summed E-state index contributed by atoms with van der Waals surface area (Å²) >= 11 is 1.63. The van der Waals surface area contributed by atoms with Crippen LogP contribution >= 0.6 is 35.3 Å². The molecule has 0 bridgehead atoms. The zero-order valence-electron chi connectivity index (χ0n) is 17.8. The Hall–Kier alpha value is -1.59. The van der Waals surface area contributed by atoms with Gasteiger partial charge in [0.05, 0.1) is 25.4 Å². The van der Waals surface area contributed by atoms with E-state index >= 15 is 0 Å². The van der Waals surface area contributed by atoms with Crippen molar-refractivity contribution < 1.29 is 9.47 Å². The van der Waals surface area contributed by atoms with Crippen LogP contribution in [0.2, 0.25) is 0 Å². The topological polar surface area (TPSA) is 71.0 Å². The molecule has 0 radical (unpaired) electrons. The summed E-state index contributed by atoms with van der Waals surface area (Å²) < 4.78 is 10.9. The molecule has 0 amide bonds. The molecule has 2 N–H and O–H groups in total. The van der Waals surface area contributed by atoms with Gasteiger partial charge in [-0.05, 0) is 25.5 Å². The van der Waals surface area contributed by atoms with Crippen molar-refractivity contribution >= 4 is 46.4 Å². The lowest BCUT2D eigenvalue weighted by Crippen LogP contribution is -2.36. The van der Waals surface area contributed by atoms with Gasteiger partial charge in [0.2, 0.25) is 0 Å². The predicted molar refractivity (Wildman–Crippen MR) is 132 cm³/mol. The average molecular weight is 533 g/mol. The molecule has 0 unspecified atom stereocenters. The minimum atomic E-state index is 0. The zero-order valence-corrected chi connectivity index (χ0v) is 21.0. The Bertz CT molecular complexity index is 767. The highest BCUT2D eigenvalue weighted by Crippen LogP contribution is 2.21. The van der Waals surface area contributed by atoms with E-state index in [9.17, 15) is 0 Å². The minimum Gasteiger partial charge on any atom is -0.491 e. The normalized spacial score (nSPS) is 11.0. The van der Waals surface area contributed by atoms with Gasteiger partial charge in [0.25, 0.3) is 0 Å². The van der Waals surface area contributed by atoms with E-state index in [0.717, 1.165) is 40.2 Å². The number of hydrogen-bond donors (Lipinski definition) is 2. The number of ether oxygens (including phenoxy) is 2. The van der Waals surface area contributed by atoms with Gasteiger partial charge in [-0.3, -0.25) is 0 Å². The Morgan fingerprint density at radius 1 is 1.24 bits per heavy atom. The Balaban J connectivity index is 0.00000420. The van der Waals surface area contributed by atoms with Gasteiger partial charge in [-0.1, -0.05) is 12.1 Å². The number of anilines is 1. The Morgan fingerprint density at radius 3 is 2.69 bits per heavy atom. The number of rotatable bonds is 10. The lowest BCUT2D eigenvalue weighted by Gasteiger charge is -2.13. The second-order valence-corrected chi connectivity index (χ2v) is 7.35. The van der Waals surface area contributed by atoms with Crippen LogP contribution in [0.25, 0.3) is 0 Å². The number of hydrogen-bond acceptors (Lipinski definition) is 6. The van der Waals surface area contributed by atoms with E-state index in [1.807, 2.05) is 25.1 Å². The number of thiazole rings is 1. The van der Waals surface area contributed by atoms with Crippen molar-refractivity contribution in [3.05, 3.63) is 40.4 Å². The van der Waals surface area contributed by atoms with Crippen LogP contribution in [-0.4, -0.2) is 51.9 Å². The van der Waals surface area contributed by atoms with Crippen LogP contribution in [0.4, 0.5) is 5.13 Å². The van der Waals surface area contributed by atoms with Crippen LogP contribution in [0.5, 0.6) is 5.75 Å². The molecule has 29 heavy (non-hydrogen) atoms. The largest absolute Gasteiger partial charge is 0.491 e. The minimum absolute atomic E-state index is 0. The van der Waals surface area contributed by atoms with Gasteiger partial charge in [0.15, 0.2) is 11.1 Å². The summed E-state index contributed by atoms with van der Waals surface area (Å²) in [6.07, 6.45) is 0. The predicted octanol–water partition coefficient (Wildman–Crippen LogP) is 3.42. The molecule has 0 aliphatic heterocycles. The highest BCUT2D eigenvalue weighted by atomic mass is 127. The van der Waals surface area contributed by atoms with Gasteiger partial charge in [-0.15, -0.1) is 35.3 Å². The second-order valence-electron chi connectivity index (χ2n) is 6.52. The average Bonchev–Trinajstić information content (AvgIpc) is 3.15. The van der Waals surface area contributed by atoms with Crippen molar-refractivity contribution in [2.24, 2.45) is 4.99 Å². The van der Waals surface area contributed by atoms with Crippen LogP contribution in [0, 0.1) is 6.92 Å². The zero-order chi connectivity index (χ0) is 20.4. The second kappa shape index (κ2) is 13.6. The summed E-state index contributed by atoms with van der Waals surface area (Å²) in [5, 5.41) is 9.69. The van der Waals surface area contributed by atoms with E-state index in [-0.39, 0.29) is 24.0 Å². The third-order valence-electron chi connectivity index (χ3n) is 3.88. The monoisotopic (exact) mass is 533 g/mol. The number of halogens is 1. The van der Waals surface area contributed by atoms with Crippen LogP contribution in [0.3, 0.4) is 0 Å². The van der Waals surface area contributed by atoms with Crippen LogP contribution in [0.1, 0.15) is 23.7 Å². The van der Waals surface area contributed by atoms with Gasteiger partial charge in [-0.25, -0.2) is 9.98 Å². The molecule has 2 rings (SSSR count). The number of methoxy groups -OCH3 is 1. The quantitative estimate of drug-likeness (QED) is 0.211. The standard InChI is InChI=1S/C20H31N5O2S.HI/c1-6-21-19(23-13-17-14-28-20(24-17)25(3)4)22-12-16-8-7-15(2)11-18(16)27-10-9-26-5;/h7-8,11,14H,6,9-10,12-13H2,1-5H3,(H2,21,22,23);1H. The first kappa shape index (κ1) is 25.4. The number of nitrogens with one attached hydrogen (secondary N) is 2. The molecule has 2 aromatic rings. The molecular weight excluding hydrogens is 501 g/mol. The first-order chi connectivity index (χ1) is 13.5. The molecule has 9 heteroatoms.